The number of thiazole rings is 1. The SMILES string of the molecule is CCc1csc(-c2ccc(CNC(=O)Cc3ccccc3F)cc2)n1. The van der Waals surface area contributed by atoms with Gasteiger partial charge in [-0.15, -0.1) is 11.3 Å². The summed E-state index contributed by atoms with van der Waals surface area (Å²) in [4.78, 5) is 16.5. The molecule has 0 fully saturated rings. The first-order chi connectivity index (χ1) is 12.2. The molecular formula is C20H19FN2OS. The normalized spacial score (nSPS) is 10.6. The van der Waals surface area contributed by atoms with Crippen molar-refractivity contribution in [3.63, 3.8) is 0 Å². The van der Waals surface area contributed by atoms with E-state index in [-0.39, 0.29) is 18.1 Å². The Labute approximate surface area is 150 Å². The zero-order valence-electron chi connectivity index (χ0n) is 14.0. The molecule has 2 aromatic carbocycles. The van der Waals surface area contributed by atoms with E-state index in [1.165, 1.54) is 6.07 Å². The molecule has 0 aliphatic heterocycles. The maximum atomic E-state index is 13.6. The molecule has 0 unspecified atom stereocenters. The van der Waals surface area contributed by atoms with Gasteiger partial charge < -0.3 is 5.32 Å². The third-order valence-electron chi connectivity index (χ3n) is 3.91. The van der Waals surface area contributed by atoms with E-state index in [0.29, 0.717) is 12.1 Å². The number of nitrogens with one attached hydrogen (secondary N) is 1. The molecule has 1 heterocycles. The van der Waals surface area contributed by atoms with Gasteiger partial charge in [-0.25, -0.2) is 9.37 Å². The van der Waals surface area contributed by atoms with Crippen LogP contribution in [-0.4, -0.2) is 10.9 Å². The quantitative estimate of drug-likeness (QED) is 0.714. The summed E-state index contributed by atoms with van der Waals surface area (Å²) in [7, 11) is 0. The Hall–Kier alpha value is -2.53. The fourth-order valence-corrected chi connectivity index (χ4v) is 3.35. The Balaban J connectivity index is 1.56. The molecule has 1 aromatic heterocycles. The smallest absolute Gasteiger partial charge is 0.224 e. The number of carbonyl (C=O) groups excluding carboxylic acids is 1. The van der Waals surface area contributed by atoms with Gasteiger partial charge in [-0.3, -0.25) is 4.79 Å². The number of aryl methyl sites for hydroxylation is 1. The number of hydrogen-bond acceptors (Lipinski definition) is 3. The zero-order chi connectivity index (χ0) is 17.6. The summed E-state index contributed by atoms with van der Waals surface area (Å²) in [5, 5.41) is 5.91. The summed E-state index contributed by atoms with van der Waals surface area (Å²) in [5.41, 5.74) is 3.58. The molecule has 0 saturated carbocycles. The minimum atomic E-state index is -0.350. The summed E-state index contributed by atoms with van der Waals surface area (Å²) < 4.78 is 13.6. The van der Waals surface area contributed by atoms with Crippen molar-refractivity contribution < 1.29 is 9.18 Å². The van der Waals surface area contributed by atoms with E-state index in [1.54, 1.807) is 29.5 Å². The van der Waals surface area contributed by atoms with Crippen molar-refractivity contribution in [2.24, 2.45) is 0 Å². The number of aromatic nitrogens is 1. The molecule has 0 atom stereocenters. The van der Waals surface area contributed by atoms with E-state index >= 15 is 0 Å². The van der Waals surface area contributed by atoms with Crippen LogP contribution in [0.25, 0.3) is 10.6 Å². The maximum Gasteiger partial charge on any atom is 0.224 e. The fourth-order valence-electron chi connectivity index (χ4n) is 2.45. The predicted molar refractivity (Wildman–Crippen MR) is 98.9 cm³/mol. The standard InChI is InChI=1S/C20H19FN2OS/c1-2-17-13-25-20(23-17)15-9-7-14(8-10-15)12-22-19(24)11-16-5-3-4-6-18(16)21/h3-10,13H,2,11-12H2,1H3,(H,22,24). The largest absolute Gasteiger partial charge is 0.352 e. The van der Waals surface area contributed by atoms with Crippen molar-refractivity contribution in [2.75, 3.05) is 0 Å². The molecule has 5 heteroatoms. The highest BCUT2D eigenvalue weighted by Gasteiger charge is 2.08. The second kappa shape index (κ2) is 8.03. The monoisotopic (exact) mass is 354 g/mol. The molecular weight excluding hydrogens is 335 g/mol. The van der Waals surface area contributed by atoms with Gasteiger partial charge in [-0.05, 0) is 23.6 Å². The summed E-state index contributed by atoms with van der Waals surface area (Å²) in [6, 6.07) is 14.3. The second-order valence-electron chi connectivity index (χ2n) is 5.74. The van der Waals surface area contributed by atoms with Gasteiger partial charge in [0.25, 0.3) is 0 Å². The summed E-state index contributed by atoms with van der Waals surface area (Å²) >= 11 is 1.64. The van der Waals surface area contributed by atoms with Crippen molar-refractivity contribution in [3.05, 3.63) is 76.5 Å². The van der Waals surface area contributed by atoms with Crippen LogP contribution in [0.4, 0.5) is 4.39 Å². The fraction of sp³-hybridized carbons (Fsp3) is 0.200. The number of hydrogen-bond donors (Lipinski definition) is 1. The van der Waals surface area contributed by atoms with Gasteiger partial charge in [0.15, 0.2) is 0 Å². The summed E-state index contributed by atoms with van der Waals surface area (Å²) in [6.45, 7) is 2.51. The first-order valence-corrected chi connectivity index (χ1v) is 9.07. The molecule has 25 heavy (non-hydrogen) atoms. The van der Waals surface area contributed by atoms with E-state index < -0.39 is 0 Å². The molecule has 3 rings (SSSR count). The molecule has 3 aromatic rings. The average Bonchev–Trinajstić information content (AvgIpc) is 3.12. The van der Waals surface area contributed by atoms with E-state index in [9.17, 15) is 9.18 Å². The number of halogens is 1. The van der Waals surface area contributed by atoms with Gasteiger partial charge >= 0.3 is 0 Å². The van der Waals surface area contributed by atoms with Crippen LogP contribution in [0.3, 0.4) is 0 Å². The minimum Gasteiger partial charge on any atom is -0.352 e. The molecule has 0 bridgehead atoms. The van der Waals surface area contributed by atoms with Crippen LogP contribution in [0.2, 0.25) is 0 Å². The number of rotatable bonds is 6. The van der Waals surface area contributed by atoms with Crippen LogP contribution in [0, 0.1) is 5.82 Å². The minimum absolute atomic E-state index is 0.0453. The Kier molecular flexibility index (Phi) is 5.56. The van der Waals surface area contributed by atoms with E-state index in [0.717, 1.165) is 28.2 Å². The zero-order valence-corrected chi connectivity index (χ0v) is 14.8. The third-order valence-corrected chi connectivity index (χ3v) is 4.85. The van der Waals surface area contributed by atoms with Gasteiger partial charge in [0, 0.05) is 17.5 Å². The Bertz CT molecular complexity index is 858. The van der Waals surface area contributed by atoms with Crippen molar-refractivity contribution in [3.8, 4) is 10.6 Å². The summed E-state index contributed by atoms with van der Waals surface area (Å²) in [5.74, 6) is -0.543. The van der Waals surface area contributed by atoms with E-state index in [1.807, 2.05) is 24.3 Å². The van der Waals surface area contributed by atoms with Crippen molar-refractivity contribution in [2.45, 2.75) is 26.3 Å². The molecule has 0 aliphatic carbocycles. The van der Waals surface area contributed by atoms with Crippen LogP contribution in [-0.2, 0) is 24.2 Å². The average molecular weight is 354 g/mol. The molecule has 1 amide bonds. The van der Waals surface area contributed by atoms with Gasteiger partial charge in [-0.2, -0.15) is 0 Å². The second-order valence-corrected chi connectivity index (χ2v) is 6.60. The lowest BCUT2D eigenvalue weighted by atomic mass is 10.1. The number of carbonyl (C=O) groups is 1. The molecule has 0 radical (unpaired) electrons. The molecule has 0 spiro atoms. The number of benzene rings is 2. The topological polar surface area (TPSA) is 42.0 Å². The van der Waals surface area contributed by atoms with Crippen LogP contribution in [0.5, 0.6) is 0 Å². The Morgan fingerprint density at radius 3 is 2.60 bits per heavy atom. The highest BCUT2D eigenvalue weighted by atomic mass is 32.1. The van der Waals surface area contributed by atoms with Crippen LogP contribution >= 0.6 is 11.3 Å². The third kappa shape index (κ3) is 4.51. The molecule has 128 valence electrons. The predicted octanol–water partition coefficient (Wildman–Crippen LogP) is 4.37. The molecule has 0 aliphatic rings. The lowest BCUT2D eigenvalue weighted by Gasteiger charge is -2.07. The van der Waals surface area contributed by atoms with Gasteiger partial charge in [0.1, 0.15) is 10.8 Å². The van der Waals surface area contributed by atoms with Gasteiger partial charge in [0.2, 0.25) is 5.91 Å². The highest BCUT2D eigenvalue weighted by molar-refractivity contribution is 7.13. The lowest BCUT2D eigenvalue weighted by Crippen LogP contribution is -2.24. The van der Waals surface area contributed by atoms with Crippen molar-refractivity contribution in [1.82, 2.24) is 10.3 Å². The van der Waals surface area contributed by atoms with Crippen molar-refractivity contribution >= 4 is 17.2 Å². The number of amides is 1. The van der Waals surface area contributed by atoms with Gasteiger partial charge in [-0.1, -0.05) is 49.4 Å². The number of nitrogens with zero attached hydrogens (tertiary/aromatic N) is 1. The first kappa shape index (κ1) is 17.3. The van der Waals surface area contributed by atoms with E-state index in [4.69, 9.17) is 0 Å². The Morgan fingerprint density at radius 1 is 1.16 bits per heavy atom. The van der Waals surface area contributed by atoms with Crippen LogP contribution in [0.15, 0.2) is 53.9 Å². The lowest BCUT2D eigenvalue weighted by molar-refractivity contribution is -0.120. The first-order valence-electron chi connectivity index (χ1n) is 8.19. The molecule has 3 nitrogen and oxygen atoms in total. The van der Waals surface area contributed by atoms with Crippen LogP contribution < -0.4 is 5.32 Å². The van der Waals surface area contributed by atoms with Crippen molar-refractivity contribution in [1.29, 1.82) is 0 Å². The maximum absolute atomic E-state index is 13.6. The molecule has 1 N–H and O–H groups in total. The van der Waals surface area contributed by atoms with E-state index in [2.05, 4.69) is 22.6 Å². The summed E-state index contributed by atoms with van der Waals surface area (Å²) in [6.07, 6.45) is 0.978. The molecule has 0 saturated heterocycles. The van der Waals surface area contributed by atoms with Gasteiger partial charge in [0.05, 0.1) is 12.1 Å². The van der Waals surface area contributed by atoms with Crippen LogP contribution in [0.1, 0.15) is 23.7 Å². The Morgan fingerprint density at radius 2 is 1.92 bits per heavy atom. The highest BCUT2D eigenvalue weighted by Crippen LogP contribution is 2.24.